The molecule has 2 aromatic carbocycles. The summed E-state index contributed by atoms with van der Waals surface area (Å²) < 4.78 is 103. The maximum Gasteiger partial charge on any atom is 0.416 e. The summed E-state index contributed by atoms with van der Waals surface area (Å²) in [4.78, 5) is 8.98. The summed E-state index contributed by atoms with van der Waals surface area (Å²) in [5.41, 5.74) is -0.271. The highest BCUT2D eigenvalue weighted by Crippen LogP contribution is 2.39. The first-order valence-corrected chi connectivity index (χ1v) is 14.9. The third-order valence-electron chi connectivity index (χ3n) is 6.77. The molecular weight excluding hydrogens is 575 g/mol. The van der Waals surface area contributed by atoms with Gasteiger partial charge in [-0.05, 0) is 61.7 Å². The van der Waals surface area contributed by atoms with Crippen molar-refractivity contribution in [1.29, 1.82) is 0 Å². The van der Waals surface area contributed by atoms with E-state index in [2.05, 4.69) is 5.10 Å². The molecule has 1 aliphatic carbocycles. The lowest BCUT2D eigenvalue weighted by molar-refractivity contribution is -0.138. The molecule has 40 heavy (non-hydrogen) atoms. The van der Waals surface area contributed by atoms with Crippen LogP contribution in [0, 0.1) is 0 Å². The summed E-state index contributed by atoms with van der Waals surface area (Å²) in [5, 5.41) is 13.2. The second-order valence-corrected chi connectivity index (χ2v) is 13.2. The lowest BCUT2D eigenvalue weighted by atomic mass is 9.93. The van der Waals surface area contributed by atoms with E-state index in [1.165, 1.54) is 37.2 Å². The van der Waals surface area contributed by atoms with Gasteiger partial charge in [-0.15, -0.1) is 0 Å². The number of aromatic nitrogens is 2. The average Bonchev–Trinajstić information content (AvgIpc) is 3.34. The number of halogens is 3. The van der Waals surface area contributed by atoms with Gasteiger partial charge in [-0.2, -0.15) is 22.6 Å². The van der Waals surface area contributed by atoms with Gasteiger partial charge < -0.3 is 9.84 Å². The Kier molecular flexibility index (Phi) is 8.02. The number of ether oxygens (including phenoxy) is 1. The van der Waals surface area contributed by atoms with Crippen molar-refractivity contribution in [2.75, 3.05) is 14.2 Å². The molecule has 10 nitrogen and oxygen atoms in total. The van der Waals surface area contributed by atoms with Crippen LogP contribution in [0.3, 0.4) is 0 Å². The molecule has 4 rings (SSSR count). The SMILES string of the molecule is COc1ccc(S(=O)(=O)c2cc(C(F)(F)F)cc(S(=O)(=O)N(C)C3CCCc4c3cnn4CCC(=O)O)c2)cc1. The maximum absolute atomic E-state index is 13.8. The number of hydrogen-bond donors (Lipinski definition) is 1. The van der Waals surface area contributed by atoms with Crippen LogP contribution >= 0.6 is 0 Å². The number of methoxy groups -OCH3 is 1. The number of nitrogens with zero attached hydrogens (tertiary/aromatic N) is 3. The van der Waals surface area contributed by atoms with Crippen LogP contribution in [0.15, 0.2) is 63.3 Å². The van der Waals surface area contributed by atoms with Crippen molar-refractivity contribution in [3.8, 4) is 5.75 Å². The quantitative estimate of drug-likeness (QED) is 0.390. The Morgan fingerprint density at radius 3 is 2.35 bits per heavy atom. The number of sulfonamides is 1. The van der Waals surface area contributed by atoms with E-state index in [-0.39, 0.29) is 17.9 Å². The van der Waals surface area contributed by atoms with Crippen LogP contribution in [0.5, 0.6) is 5.75 Å². The molecule has 1 N–H and O–H groups in total. The number of carboxylic acid groups (broad SMARTS) is 1. The summed E-state index contributed by atoms with van der Waals surface area (Å²) in [5.74, 6) is -0.702. The Hall–Kier alpha value is -3.43. The lowest BCUT2D eigenvalue weighted by Crippen LogP contribution is -2.33. The summed E-state index contributed by atoms with van der Waals surface area (Å²) >= 11 is 0. The summed E-state index contributed by atoms with van der Waals surface area (Å²) in [6.07, 6.45) is -2.41. The highest BCUT2D eigenvalue weighted by atomic mass is 32.2. The van der Waals surface area contributed by atoms with E-state index < -0.39 is 53.4 Å². The second kappa shape index (κ2) is 10.9. The van der Waals surface area contributed by atoms with E-state index in [0.29, 0.717) is 48.4 Å². The number of sulfone groups is 1. The van der Waals surface area contributed by atoms with E-state index >= 15 is 0 Å². The van der Waals surface area contributed by atoms with E-state index in [4.69, 9.17) is 9.84 Å². The van der Waals surface area contributed by atoms with Crippen molar-refractivity contribution in [3.05, 3.63) is 65.5 Å². The van der Waals surface area contributed by atoms with Gasteiger partial charge in [0.15, 0.2) is 0 Å². The van der Waals surface area contributed by atoms with Gasteiger partial charge in [-0.3, -0.25) is 9.48 Å². The van der Waals surface area contributed by atoms with Crippen molar-refractivity contribution >= 4 is 25.8 Å². The third kappa shape index (κ3) is 5.71. The molecular formula is C25H26F3N3O7S2. The number of carbonyl (C=O) groups is 1. The lowest BCUT2D eigenvalue weighted by Gasteiger charge is -2.31. The number of aliphatic carboxylic acids is 1. The maximum atomic E-state index is 13.8. The minimum absolute atomic E-state index is 0.0774. The Morgan fingerprint density at radius 1 is 1.10 bits per heavy atom. The normalized spacial score (nSPS) is 16.1. The monoisotopic (exact) mass is 601 g/mol. The van der Waals surface area contributed by atoms with Crippen molar-refractivity contribution in [3.63, 3.8) is 0 Å². The van der Waals surface area contributed by atoms with E-state index in [1.807, 2.05) is 0 Å². The molecule has 1 heterocycles. The van der Waals surface area contributed by atoms with Crippen molar-refractivity contribution in [1.82, 2.24) is 14.1 Å². The van der Waals surface area contributed by atoms with Crippen LogP contribution in [-0.4, -0.2) is 56.2 Å². The van der Waals surface area contributed by atoms with Crippen LogP contribution in [0.4, 0.5) is 13.2 Å². The molecule has 216 valence electrons. The molecule has 0 amide bonds. The first kappa shape index (κ1) is 29.6. The zero-order valence-electron chi connectivity index (χ0n) is 21.4. The highest BCUT2D eigenvalue weighted by Gasteiger charge is 2.38. The van der Waals surface area contributed by atoms with Gasteiger partial charge in [0.25, 0.3) is 0 Å². The summed E-state index contributed by atoms with van der Waals surface area (Å²) in [6.45, 7) is 0.0774. The molecule has 0 fully saturated rings. The van der Waals surface area contributed by atoms with Crippen LogP contribution in [-0.2, 0) is 43.8 Å². The Labute approximate surface area is 229 Å². The van der Waals surface area contributed by atoms with Crippen LogP contribution < -0.4 is 4.74 Å². The molecule has 1 atom stereocenters. The predicted molar refractivity (Wildman–Crippen MR) is 135 cm³/mol. The van der Waals surface area contributed by atoms with Gasteiger partial charge in [0, 0.05) is 18.3 Å². The van der Waals surface area contributed by atoms with E-state index in [0.717, 1.165) is 22.5 Å². The number of carboxylic acids is 1. The summed E-state index contributed by atoms with van der Waals surface area (Å²) in [7, 11) is -6.61. The molecule has 3 aromatic rings. The van der Waals surface area contributed by atoms with Crippen molar-refractivity contribution < 1.29 is 44.6 Å². The zero-order chi connectivity index (χ0) is 29.5. The second-order valence-electron chi connectivity index (χ2n) is 9.21. The minimum atomic E-state index is -5.03. The third-order valence-corrected chi connectivity index (χ3v) is 10.4. The molecule has 0 radical (unpaired) electrons. The molecule has 0 saturated carbocycles. The number of aryl methyl sites for hydroxylation is 1. The van der Waals surface area contributed by atoms with Gasteiger partial charge in [0.2, 0.25) is 19.9 Å². The van der Waals surface area contributed by atoms with Crippen LogP contribution in [0.2, 0.25) is 0 Å². The first-order chi connectivity index (χ1) is 18.7. The van der Waals surface area contributed by atoms with E-state index in [9.17, 15) is 34.8 Å². The van der Waals surface area contributed by atoms with E-state index in [1.54, 1.807) is 0 Å². The molecule has 0 aliphatic heterocycles. The number of benzene rings is 2. The number of fused-ring (bicyclic) bond motifs is 1. The Bertz CT molecular complexity index is 1630. The number of hydrogen-bond acceptors (Lipinski definition) is 7. The molecule has 0 bridgehead atoms. The Balaban J connectivity index is 1.77. The average molecular weight is 602 g/mol. The Morgan fingerprint density at radius 2 is 1.75 bits per heavy atom. The molecule has 1 aliphatic rings. The smallest absolute Gasteiger partial charge is 0.416 e. The zero-order valence-corrected chi connectivity index (χ0v) is 23.1. The number of rotatable bonds is 9. The first-order valence-electron chi connectivity index (χ1n) is 12.0. The standard InChI is InChI=1S/C25H26F3N3O7S2/c1-30(22-4-3-5-23-21(22)15-29-31(23)11-10-24(32)33)40(36,37)20-13-16(25(26,27)28)12-19(14-20)39(34,35)18-8-6-17(38-2)7-9-18/h6-9,12-15,22H,3-5,10-11H2,1-2H3,(H,32,33). The van der Waals surface area contributed by atoms with Gasteiger partial charge >= 0.3 is 12.1 Å². The highest BCUT2D eigenvalue weighted by molar-refractivity contribution is 7.91. The fraction of sp³-hybridized carbons (Fsp3) is 0.360. The number of alkyl halides is 3. The minimum Gasteiger partial charge on any atom is -0.497 e. The van der Waals surface area contributed by atoms with Gasteiger partial charge in [-0.25, -0.2) is 16.8 Å². The topological polar surface area (TPSA) is 136 Å². The molecule has 0 saturated heterocycles. The van der Waals surface area contributed by atoms with Crippen LogP contribution in [0.1, 0.15) is 42.1 Å². The predicted octanol–water partition coefficient (Wildman–Crippen LogP) is 3.92. The van der Waals surface area contributed by atoms with Gasteiger partial charge in [-0.1, -0.05) is 0 Å². The molecule has 1 unspecified atom stereocenters. The fourth-order valence-corrected chi connectivity index (χ4v) is 7.48. The summed E-state index contributed by atoms with van der Waals surface area (Å²) in [6, 6.07) is 5.69. The fourth-order valence-electron chi connectivity index (χ4n) is 4.63. The molecule has 1 aromatic heterocycles. The molecule has 0 spiro atoms. The van der Waals surface area contributed by atoms with Gasteiger partial charge in [0.05, 0.1) is 52.6 Å². The largest absolute Gasteiger partial charge is 0.497 e. The molecule has 15 heteroatoms. The van der Waals surface area contributed by atoms with Crippen LogP contribution in [0.25, 0.3) is 0 Å². The van der Waals surface area contributed by atoms with Crippen molar-refractivity contribution in [2.24, 2.45) is 0 Å². The van der Waals surface area contributed by atoms with Gasteiger partial charge in [0.1, 0.15) is 5.75 Å². The van der Waals surface area contributed by atoms with Crippen molar-refractivity contribution in [2.45, 2.75) is 59.1 Å².